The lowest BCUT2D eigenvalue weighted by Crippen LogP contribution is -2.30. The number of nitrogens with zero attached hydrogens (tertiary/aromatic N) is 2. The van der Waals surface area contributed by atoms with Gasteiger partial charge >= 0.3 is 5.97 Å². The van der Waals surface area contributed by atoms with E-state index in [0.29, 0.717) is 23.0 Å². The van der Waals surface area contributed by atoms with Crippen molar-refractivity contribution in [2.45, 2.75) is 38.6 Å². The largest absolute Gasteiger partial charge is 0.476 e. The van der Waals surface area contributed by atoms with E-state index in [-0.39, 0.29) is 17.7 Å². The average Bonchev–Trinajstić information content (AvgIpc) is 2.41. The van der Waals surface area contributed by atoms with E-state index in [9.17, 15) is 14.1 Å². The third-order valence-electron chi connectivity index (χ3n) is 3.27. The van der Waals surface area contributed by atoms with Crippen molar-refractivity contribution in [2.24, 2.45) is 0 Å². The highest BCUT2D eigenvalue weighted by molar-refractivity contribution is 7.85. The van der Waals surface area contributed by atoms with E-state index in [1.54, 1.807) is 0 Å². The van der Waals surface area contributed by atoms with Gasteiger partial charge in [0.2, 0.25) is 0 Å². The number of rotatable bonds is 4. The van der Waals surface area contributed by atoms with Crippen LogP contribution in [0.15, 0.2) is 6.20 Å². The fraction of sp³-hybridized carbons (Fsp3) is 0.615. The molecule has 1 aliphatic heterocycles. The normalized spacial score (nSPS) is 22.8. The first-order chi connectivity index (χ1) is 9.47. The Morgan fingerprint density at radius 2 is 2.10 bits per heavy atom. The summed E-state index contributed by atoms with van der Waals surface area (Å²) >= 11 is 0. The van der Waals surface area contributed by atoms with E-state index >= 15 is 0 Å². The van der Waals surface area contributed by atoms with Gasteiger partial charge in [-0.05, 0) is 12.8 Å². The number of hydrogen-bond donors (Lipinski definition) is 2. The topological polar surface area (TPSA) is 92.2 Å². The molecule has 7 heteroatoms. The summed E-state index contributed by atoms with van der Waals surface area (Å²) in [4.78, 5) is 19.6. The maximum atomic E-state index is 11.3. The molecule has 2 rings (SSSR count). The summed E-state index contributed by atoms with van der Waals surface area (Å²) in [6.45, 7) is 3.84. The molecule has 20 heavy (non-hydrogen) atoms. The fourth-order valence-electron chi connectivity index (χ4n) is 2.10. The summed E-state index contributed by atoms with van der Waals surface area (Å²) < 4.78 is 11.3. The molecule has 1 aliphatic rings. The van der Waals surface area contributed by atoms with Crippen molar-refractivity contribution in [1.29, 1.82) is 0 Å². The lowest BCUT2D eigenvalue weighted by molar-refractivity contribution is 0.0691. The molecule has 0 amide bonds. The summed E-state index contributed by atoms with van der Waals surface area (Å²) in [6, 6.07) is 0.138. The molecule has 0 aromatic carbocycles. The van der Waals surface area contributed by atoms with Gasteiger partial charge in [0, 0.05) is 34.3 Å². The van der Waals surface area contributed by atoms with Crippen LogP contribution in [0.3, 0.4) is 0 Å². The molecule has 0 aliphatic carbocycles. The molecule has 0 saturated carbocycles. The number of aromatic nitrogens is 2. The van der Waals surface area contributed by atoms with Gasteiger partial charge in [-0.25, -0.2) is 14.8 Å². The van der Waals surface area contributed by atoms with Gasteiger partial charge in [0.1, 0.15) is 5.82 Å². The first-order valence-corrected chi connectivity index (χ1v) is 8.18. The van der Waals surface area contributed by atoms with E-state index < -0.39 is 16.8 Å². The molecule has 0 atom stereocenters. The van der Waals surface area contributed by atoms with Crippen molar-refractivity contribution in [2.75, 3.05) is 16.8 Å². The fourth-order valence-corrected chi connectivity index (χ4v) is 3.40. The number of carboxylic acids is 1. The van der Waals surface area contributed by atoms with E-state index in [0.717, 1.165) is 12.8 Å². The zero-order valence-corrected chi connectivity index (χ0v) is 12.4. The van der Waals surface area contributed by atoms with Crippen molar-refractivity contribution >= 4 is 22.5 Å². The standard InChI is InChI=1S/C13H19N3O3S/c1-8(2)12-14-7-10(11(16-12)13(17)18)15-9-3-5-20(19)6-4-9/h7-9,15H,3-6H2,1-2H3,(H,17,18). The van der Waals surface area contributed by atoms with Crippen LogP contribution in [-0.2, 0) is 10.8 Å². The number of carbonyl (C=O) groups is 1. The monoisotopic (exact) mass is 297 g/mol. The molecule has 0 spiro atoms. The van der Waals surface area contributed by atoms with Gasteiger partial charge < -0.3 is 10.4 Å². The predicted octanol–water partition coefficient (Wildman–Crippen LogP) is 1.62. The zero-order valence-electron chi connectivity index (χ0n) is 11.6. The molecule has 2 heterocycles. The molecule has 0 bridgehead atoms. The molecule has 1 aromatic heterocycles. The minimum absolute atomic E-state index is 0.00963. The highest BCUT2D eigenvalue weighted by atomic mass is 32.2. The number of hydrogen-bond acceptors (Lipinski definition) is 5. The summed E-state index contributed by atoms with van der Waals surface area (Å²) in [5, 5.41) is 12.4. The SMILES string of the molecule is CC(C)c1ncc(NC2CCS(=O)CC2)c(C(=O)O)n1. The smallest absolute Gasteiger partial charge is 0.356 e. The second-order valence-electron chi connectivity index (χ2n) is 5.22. The van der Waals surface area contributed by atoms with Gasteiger partial charge in [-0.2, -0.15) is 0 Å². The van der Waals surface area contributed by atoms with Crippen LogP contribution in [0.2, 0.25) is 0 Å². The second kappa shape index (κ2) is 6.30. The summed E-state index contributed by atoms with van der Waals surface area (Å²) in [5.74, 6) is 0.865. The van der Waals surface area contributed by atoms with Crippen molar-refractivity contribution in [3.05, 3.63) is 17.7 Å². The second-order valence-corrected chi connectivity index (χ2v) is 6.91. The van der Waals surface area contributed by atoms with Gasteiger partial charge in [-0.3, -0.25) is 4.21 Å². The molecule has 1 saturated heterocycles. The summed E-state index contributed by atoms with van der Waals surface area (Å²) in [7, 11) is -0.730. The van der Waals surface area contributed by atoms with Crippen molar-refractivity contribution in [1.82, 2.24) is 9.97 Å². The first-order valence-electron chi connectivity index (χ1n) is 6.69. The number of aromatic carboxylic acids is 1. The Morgan fingerprint density at radius 1 is 1.45 bits per heavy atom. The van der Waals surface area contributed by atoms with Crippen molar-refractivity contribution < 1.29 is 14.1 Å². The third-order valence-corrected chi connectivity index (χ3v) is 4.66. The van der Waals surface area contributed by atoms with Crippen LogP contribution in [0.1, 0.15) is 48.9 Å². The van der Waals surface area contributed by atoms with E-state index in [1.807, 2.05) is 13.8 Å². The Kier molecular flexibility index (Phi) is 4.69. The van der Waals surface area contributed by atoms with Crippen molar-refractivity contribution in [3.63, 3.8) is 0 Å². The quantitative estimate of drug-likeness (QED) is 0.877. The van der Waals surface area contributed by atoms with Crippen LogP contribution in [0.25, 0.3) is 0 Å². The van der Waals surface area contributed by atoms with Crippen LogP contribution in [0, 0.1) is 0 Å². The lowest BCUT2D eigenvalue weighted by atomic mass is 10.1. The molecule has 1 fully saturated rings. The van der Waals surface area contributed by atoms with Gasteiger partial charge in [0.05, 0.1) is 11.9 Å². The molecule has 1 aromatic rings. The number of nitrogens with one attached hydrogen (secondary N) is 1. The van der Waals surface area contributed by atoms with E-state index in [1.165, 1.54) is 6.20 Å². The van der Waals surface area contributed by atoms with Gasteiger partial charge in [-0.15, -0.1) is 0 Å². The third kappa shape index (κ3) is 3.53. The van der Waals surface area contributed by atoms with Crippen LogP contribution < -0.4 is 5.32 Å². The molecular formula is C13H19N3O3S. The molecular weight excluding hydrogens is 278 g/mol. The highest BCUT2D eigenvalue weighted by Gasteiger charge is 2.21. The highest BCUT2D eigenvalue weighted by Crippen LogP contribution is 2.20. The number of carboxylic acid groups (broad SMARTS) is 1. The molecule has 0 radical (unpaired) electrons. The Labute approximate surface area is 120 Å². The van der Waals surface area contributed by atoms with E-state index in [4.69, 9.17) is 0 Å². The molecule has 2 N–H and O–H groups in total. The van der Waals surface area contributed by atoms with Crippen LogP contribution in [-0.4, -0.2) is 42.8 Å². The minimum Gasteiger partial charge on any atom is -0.476 e. The molecule has 110 valence electrons. The van der Waals surface area contributed by atoms with Crippen molar-refractivity contribution in [3.8, 4) is 0 Å². The Hall–Kier alpha value is -1.50. The van der Waals surface area contributed by atoms with Crippen LogP contribution in [0.5, 0.6) is 0 Å². The van der Waals surface area contributed by atoms with Crippen LogP contribution in [0.4, 0.5) is 5.69 Å². The lowest BCUT2D eigenvalue weighted by Gasteiger charge is -2.24. The predicted molar refractivity (Wildman–Crippen MR) is 77.6 cm³/mol. The van der Waals surface area contributed by atoms with Gasteiger partial charge in [0.15, 0.2) is 5.69 Å². The van der Waals surface area contributed by atoms with Gasteiger partial charge in [-0.1, -0.05) is 13.8 Å². The Balaban J connectivity index is 2.18. The molecule has 6 nitrogen and oxygen atoms in total. The maximum absolute atomic E-state index is 11.3. The van der Waals surface area contributed by atoms with E-state index in [2.05, 4.69) is 15.3 Å². The van der Waals surface area contributed by atoms with Crippen LogP contribution >= 0.6 is 0 Å². The average molecular weight is 297 g/mol. The summed E-state index contributed by atoms with van der Waals surface area (Å²) in [6.07, 6.45) is 3.09. The Bertz CT molecular complexity index is 524. The number of anilines is 1. The maximum Gasteiger partial charge on any atom is 0.356 e. The first kappa shape index (κ1) is 14.9. The Morgan fingerprint density at radius 3 is 2.65 bits per heavy atom. The van der Waals surface area contributed by atoms with Gasteiger partial charge in [0.25, 0.3) is 0 Å². The molecule has 0 unspecified atom stereocenters. The zero-order chi connectivity index (χ0) is 14.7. The summed E-state index contributed by atoms with van der Waals surface area (Å²) in [5.41, 5.74) is 0.454. The minimum atomic E-state index is -1.06.